The van der Waals surface area contributed by atoms with Crippen LogP contribution in [0.3, 0.4) is 0 Å². The molecule has 0 spiro atoms. The number of aliphatic hydroxyl groups is 1. The molecule has 1 aromatic carbocycles. The number of carbonyl (C=O) groups excluding carboxylic acids is 1. The molecule has 1 aliphatic rings. The van der Waals surface area contributed by atoms with Crippen molar-refractivity contribution in [2.24, 2.45) is 5.92 Å². The van der Waals surface area contributed by atoms with E-state index in [0.29, 0.717) is 31.7 Å². The largest absolute Gasteiger partial charge is 0.494 e. The van der Waals surface area contributed by atoms with Crippen LogP contribution in [0.15, 0.2) is 29.2 Å². The van der Waals surface area contributed by atoms with Crippen LogP contribution >= 0.6 is 0 Å². The highest BCUT2D eigenvalue weighted by Gasteiger charge is 2.33. The van der Waals surface area contributed by atoms with E-state index in [1.165, 1.54) is 16.4 Å². The van der Waals surface area contributed by atoms with Crippen molar-refractivity contribution in [1.82, 2.24) is 9.62 Å². The van der Waals surface area contributed by atoms with Crippen LogP contribution in [0.1, 0.15) is 19.8 Å². The first-order chi connectivity index (χ1) is 11.5. The molecule has 7 nitrogen and oxygen atoms in total. The highest BCUT2D eigenvalue weighted by molar-refractivity contribution is 7.89. The van der Waals surface area contributed by atoms with Crippen molar-refractivity contribution in [2.75, 3.05) is 32.8 Å². The highest BCUT2D eigenvalue weighted by Crippen LogP contribution is 2.25. The molecule has 24 heavy (non-hydrogen) atoms. The van der Waals surface area contributed by atoms with E-state index < -0.39 is 10.0 Å². The molecule has 0 radical (unpaired) electrons. The molecule has 0 saturated carbocycles. The van der Waals surface area contributed by atoms with Gasteiger partial charge in [0.25, 0.3) is 0 Å². The third-order valence-corrected chi connectivity index (χ3v) is 5.82. The van der Waals surface area contributed by atoms with Crippen molar-refractivity contribution in [3.8, 4) is 5.75 Å². The number of hydrogen-bond acceptors (Lipinski definition) is 5. The third-order valence-electron chi connectivity index (χ3n) is 3.94. The van der Waals surface area contributed by atoms with E-state index in [0.717, 1.165) is 0 Å². The van der Waals surface area contributed by atoms with Crippen molar-refractivity contribution >= 4 is 15.9 Å². The number of carbonyl (C=O) groups is 1. The van der Waals surface area contributed by atoms with Crippen molar-refractivity contribution in [3.05, 3.63) is 24.3 Å². The van der Waals surface area contributed by atoms with Crippen LogP contribution in [0.5, 0.6) is 5.75 Å². The van der Waals surface area contributed by atoms with Gasteiger partial charge in [-0.1, -0.05) is 0 Å². The van der Waals surface area contributed by atoms with Crippen LogP contribution in [0.25, 0.3) is 0 Å². The Morgan fingerprint density at radius 1 is 1.38 bits per heavy atom. The summed E-state index contributed by atoms with van der Waals surface area (Å²) in [4.78, 5) is 12.2. The zero-order chi connectivity index (χ0) is 17.6. The molecule has 1 saturated heterocycles. The average Bonchev–Trinajstić information content (AvgIpc) is 2.60. The average molecular weight is 356 g/mol. The van der Waals surface area contributed by atoms with Gasteiger partial charge in [0, 0.05) is 19.6 Å². The van der Waals surface area contributed by atoms with E-state index in [1.54, 1.807) is 12.1 Å². The van der Waals surface area contributed by atoms with Gasteiger partial charge in [-0.2, -0.15) is 4.31 Å². The number of hydrogen-bond donors (Lipinski definition) is 2. The molecule has 0 bridgehead atoms. The third kappa shape index (κ3) is 4.46. The molecule has 0 aliphatic carbocycles. The fourth-order valence-corrected chi connectivity index (χ4v) is 4.25. The summed E-state index contributed by atoms with van der Waals surface area (Å²) in [5.74, 6) is 0.0229. The van der Waals surface area contributed by atoms with Crippen LogP contribution in [0.4, 0.5) is 0 Å². The van der Waals surface area contributed by atoms with Gasteiger partial charge in [0.1, 0.15) is 5.75 Å². The van der Waals surface area contributed by atoms with E-state index in [1.807, 2.05) is 6.92 Å². The number of sulfonamides is 1. The molecule has 134 valence electrons. The summed E-state index contributed by atoms with van der Waals surface area (Å²) in [6.45, 7) is 2.99. The lowest BCUT2D eigenvalue weighted by atomic mass is 9.99. The van der Waals surface area contributed by atoms with Crippen molar-refractivity contribution in [1.29, 1.82) is 0 Å². The molecule has 2 rings (SSSR count). The Balaban J connectivity index is 2.09. The Morgan fingerprint density at radius 2 is 2.08 bits per heavy atom. The molecule has 1 aliphatic heterocycles. The lowest BCUT2D eigenvalue weighted by Gasteiger charge is -2.31. The van der Waals surface area contributed by atoms with Crippen molar-refractivity contribution < 1.29 is 23.1 Å². The molecule has 1 atom stereocenters. The SMILES string of the molecule is CCOc1ccc(S(=O)(=O)N2CCC[C@@H](C(=O)NCCO)C2)cc1. The number of amides is 1. The number of piperidine rings is 1. The first kappa shape index (κ1) is 18.7. The summed E-state index contributed by atoms with van der Waals surface area (Å²) in [5.41, 5.74) is 0. The maximum Gasteiger partial charge on any atom is 0.243 e. The second kappa shape index (κ2) is 8.46. The predicted molar refractivity (Wildman–Crippen MR) is 89.2 cm³/mol. The molecule has 1 fully saturated rings. The summed E-state index contributed by atoms with van der Waals surface area (Å²) < 4.78 is 32.2. The Kier molecular flexibility index (Phi) is 6.59. The second-order valence-electron chi connectivity index (χ2n) is 5.62. The Hall–Kier alpha value is -1.64. The minimum absolute atomic E-state index is 0.132. The van der Waals surface area contributed by atoms with E-state index in [4.69, 9.17) is 9.84 Å². The quantitative estimate of drug-likeness (QED) is 0.746. The van der Waals surface area contributed by atoms with Crippen LogP contribution < -0.4 is 10.1 Å². The number of nitrogens with zero attached hydrogens (tertiary/aromatic N) is 1. The number of benzene rings is 1. The van der Waals surface area contributed by atoms with Crippen LogP contribution in [0, 0.1) is 5.92 Å². The Labute approximate surface area is 142 Å². The lowest BCUT2D eigenvalue weighted by Crippen LogP contribution is -2.45. The molecule has 1 aromatic rings. The fraction of sp³-hybridized carbons (Fsp3) is 0.562. The molecule has 1 amide bonds. The van der Waals surface area contributed by atoms with Gasteiger partial charge in [0.05, 0.1) is 24.0 Å². The maximum absolute atomic E-state index is 12.8. The second-order valence-corrected chi connectivity index (χ2v) is 7.56. The normalized spacial score (nSPS) is 19.0. The molecule has 1 heterocycles. The van der Waals surface area contributed by atoms with E-state index in [2.05, 4.69) is 5.32 Å². The van der Waals surface area contributed by atoms with Gasteiger partial charge in [0.15, 0.2) is 0 Å². The standard InChI is InChI=1S/C16H24N2O5S/c1-2-23-14-5-7-15(8-6-14)24(21,22)18-10-3-4-13(12-18)16(20)17-9-11-19/h5-8,13,19H,2-4,9-12H2,1H3,(H,17,20)/t13-/m1/s1. The van der Waals surface area contributed by atoms with Gasteiger partial charge in [0.2, 0.25) is 15.9 Å². The molecule has 2 N–H and O–H groups in total. The Morgan fingerprint density at radius 3 is 2.71 bits per heavy atom. The summed E-state index contributed by atoms with van der Waals surface area (Å²) >= 11 is 0. The smallest absolute Gasteiger partial charge is 0.243 e. The summed E-state index contributed by atoms with van der Waals surface area (Å²) in [6.07, 6.45) is 1.28. The lowest BCUT2D eigenvalue weighted by molar-refractivity contribution is -0.126. The number of aliphatic hydroxyl groups excluding tert-OH is 1. The molecule has 0 aromatic heterocycles. The number of ether oxygens (including phenoxy) is 1. The highest BCUT2D eigenvalue weighted by atomic mass is 32.2. The topological polar surface area (TPSA) is 95.9 Å². The predicted octanol–water partition coefficient (Wildman–Crippen LogP) is 0.595. The van der Waals surface area contributed by atoms with Gasteiger partial charge in [-0.05, 0) is 44.0 Å². The van der Waals surface area contributed by atoms with E-state index in [9.17, 15) is 13.2 Å². The van der Waals surface area contributed by atoms with Gasteiger partial charge >= 0.3 is 0 Å². The van der Waals surface area contributed by atoms with Gasteiger partial charge in [-0.15, -0.1) is 0 Å². The molecule has 8 heteroatoms. The number of nitrogens with one attached hydrogen (secondary N) is 1. The monoisotopic (exact) mass is 356 g/mol. The fourth-order valence-electron chi connectivity index (χ4n) is 2.72. The van der Waals surface area contributed by atoms with E-state index >= 15 is 0 Å². The summed E-state index contributed by atoms with van der Waals surface area (Å²) in [5, 5.41) is 11.4. The first-order valence-corrected chi connectivity index (χ1v) is 9.54. The first-order valence-electron chi connectivity index (χ1n) is 8.10. The summed E-state index contributed by atoms with van der Waals surface area (Å²) in [7, 11) is -3.63. The van der Waals surface area contributed by atoms with Crippen molar-refractivity contribution in [2.45, 2.75) is 24.7 Å². The molecule has 0 unspecified atom stereocenters. The van der Waals surface area contributed by atoms with Gasteiger partial charge < -0.3 is 15.2 Å². The van der Waals surface area contributed by atoms with Crippen molar-refractivity contribution in [3.63, 3.8) is 0 Å². The van der Waals surface area contributed by atoms with Crippen LogP contribution in [-0.2, 0) is 14.8 Å². The minimum atomic E-state index is -3.63. The maximum atomic E-state index is 12.8. The van der Waals surface area contributed by atoms with Gasteiger partial charge in [-0.3, -0.25) is 4.79 Å². The van der Waals surface area contributed by atoms with Crippen LogP contribution in [-0.4, -0.2) is 56.6 Å². The number of rotatable bonds is 7. The zero-order valence-electron chi connectivity index (χ0n) is 13.8. The minimum Gasteiger partial charge on any atom is -0.494 e. The van der Waals surface area contributed by atoms with Gasteiger partial charge in [-0.25, -0.2) is 8.42 Å². The zero-order valence-corrected chi connectivity index (χ0v) is 14.6. The Bertz CT molecular complexity index is 645. The molecular formula is C16H24N2O5S. The van der Waals surface area contributed by atoms with Crippen LogP contribution in [0.2, 0.25) is 0 Å². The summed E-state index contributed by atoms with van der Waals surface area (Å²) in [6, 6.07) is 6.31. The molecular weight excluding hydrogens is 332 g/mol. The van der Waals surface area contributed by atoms with E-state index in [-0.39, 0.29) is 36.4 Å².